The largest absolute Gasteiger partial charge is 0.439 e. The van der Waals surface area contributed by atoms with Gasteiger partial charge in [-0.05, 0) is 37.1 Å². The molecule has 1 heterocycles. The van der Waals surface area contributed by atoms with Crippen LogP contribution in [0.3, 0.4) is 0 Å². The summed E-state index contributed by atoms with van der Waals surface area (Å²) in [7, 11) is 0. The molecule has 2 rings (SSSR count). The van der Waals surface area contributed by atoms with Crippen molar-refractivity contribution in [3.05, 3.63) is 50.0 Å². The molecule has 0 amide bonds. The molecular formula is C13H12BrN3O3. The monoisotopic (exact) mass is 337 g/mol. The normalized spacial score (nSPS) is 10.3. The summed E-state index contributed by atoms with van der Waals surface area (Å²) in [6.07, 6.45) is 0. The highest BCUT2D eigenvalue weighted by Gasteiger charge is 2.14. The number of nitrogens with zero attached hydrogens (tertiary/aromatic N) is 2. The van der Waals surface area contributed by atoms with Gasteiger partial charge in [0.05, 0.1) is 4.92 Å². The van der Waals surface area contributed by atoms with Crippen LogP contribution in [0.5, 0.6) is 11.6 Å². The van der Waals surface area contributed by atoms with Crippen LogP contribution < -0.4 is 10.5 Å². The van der Waals surface area contributed by atoms with E-state index in [1.54, 1.807) is 0 Å². The maximum absolute atomic E-state index is 10.7. The summed E-state index contributed by atoms with van der Waals surface area (Å²) in [6.45, 7) is 3.89. The van der Waals surface area contributed by atoms with Gasteiger partial charge < -0.3 is 10.5 Å². The van der Waals surface area contributed by atoms with Crippen LogP contribution in [0, 0.1) is 24.0 Å². The predicted molar refractivity (Wildman–Crippen MR) is 79.0 cm³/mol. The first-order valence-electron chi connectivity index (χ1n) is 5.74. The number of nitrogens with two attached hydrogens (primary N) is 1. The molecule has 0 spiro atoms. The molecule has 0 aliphatic carbocycles. The number of pyridine rings is 1. The second-order valence-electron chi connectivity index (χ2n) is 4.28. The molecule has 0 unspecified atom stereocenters. The van der Waals surface area contributed by atoms with Gasteiger partial charge in [0.1, 0.15) is 5.75 Å². The molecule has 6 nitrogen and oxygen atoms in total. The molecule has 7 heteroatoms. The Bertz CT molecular complexity index is 666. The van der Waals surface area contributed by atoms with Crippen LogP contribution in [0.1, 0.15) is 11.1 Å². The summed E-state index contributed by atoms with van der Waals surface area (Å²) < 4.78 is 6.59. The number of hydrogen-bond donors (Lipinski definition) is 1. The minimum Gasteiger partial charge on any atom is -0.439 e. The first-order chi connectivity index (χ1) is 9.38. The molecule has 0 atom stereocenters. The maximum Gasteiger partial charge on any atom is 0.311 e. The number of nitrogen functional groups attached to an aromatic ring is 1. The van der Waals surface area contributed by atoms with Gasteiger partial charge in [0.25, 0.3) is 0 Å². The molecular weight excluding hydrogens is 326 g/mol. The Kier molecular flexibility index (Phi) is 3.89. The van der Waals surface area contributed by atoms with Crippen molar-refractivity contribution in [1.82, 2.24) is 4.98 Å². The van der Waals surface area contributed by atoms with Crippen molar-refractivity contribution in [2.45, 2.75) is 13.8 Å². The molecule has 1 aromatic carbocycles. The zero-order valence-electron chi connectivity index (χ0n) is 10.9. The number of aromatic nitrogens is 1. The summed E-state index contributed by atoms with van der Waals surface area (Å²) in [5, 5.41) is 10.7. The fraction of sp³-hybridized carbons (Fsp3) is 0.154. The summed E-state index contributed by atoms with van der Waals surface area (Å²) in [4.78, 5) is 13.9. The van der Waals surface area contributed by atoms with Crippen LogP contribution in [0.2, 0.25) is 0 Å². The first kappa shape index (κ1) is 14.3. The van der Waals surface area contributed by atoms with E-state index in [1.807, 2.05) is 26.0 Å². The molecule has 0 fully saturated rings. The lowest BCUT2D eigenvalue weighted by Gasteiger charge is -2.09. The maximum atomic E-state index is 10.7. The van der Waals surface area contributed by atoms with Crippen molar-refractivity contribution in [2.75, 3.05) is 5.73 Å². The van der Waals surface area contributed by atoms with E-state index in [0.717, 1.165) is 15.6 Å². The number of hydrogen-bond acceptors (Lipinski definition) is 5. The first-order valence-corrected chi connectivity index (χ1v) is 6.53. The van der Waals surface area contributed by atoms with Crippen molar-refractivity contribution in [2.24, 2.45) is 0 Å². The molecule has 0 saturated carbocycles. The quantitative estimate of drug-likeness (QED) is 0.680. The van der Waals surface area contributed by atoms with Crippen molar-refractivity contribution < 1.29 is 9.66 Å². The number of benzene rings is 1. The Morgan fingerprint density at radius 2 is 1.90 bits per heavy atom. The highest BCUT2D eigenvalue weighted by atomic mass is 79.9. The lowest BCUT2D eigenvalue weighted by atomic mass is 10.1. The van der Waals surface area contributed by atoms with E-state index in [4.69, 9.17) is 10.5 Å². The third-order valence-electron chi connectivity index (χ3n) is 2.71. The van der Waals surface area contributed by atoms with E-state index in [1.165, 1.54) is 12.1 Å². The molecule has 20 heavy (non-hydrogen) atoms. The van der Waals surface area contributed by atoms with Crippen molar-refractivity contribution in [3.63, 3.8) is 0 Å². The van der Waals surface area contributed by atoms with Crippen LogP contribution in [-0.2, 0) is 0 Å². The fourth-order valence-corrected chi connectivity index (χ4v) is 1.97. The van der Waals surface area contributed by atoms with Gasteiger partial charge in [0.15, 0.2) is 0 Å². The van der Waals surface area contributed by atoms with Crippen LogP contribution in [0.15, 0.2) is 28.7 Å². The minimum absolute atomic E-state index is 0.168. The molecule has 2 aromatic rings. The SMILES string of the molecule is Cc1cc(Oc2ccc([N+](=O)[O-])c(N)n2)cc(C)c1Br. The van der Waals surface area contributed by atoms with Gasteiger partial charge in [-0.15, -0.1) is 0 Å². The molecule has 0 aliphatic heterocycles. The minimum atomic E-state index is -0.583. The second kappa shape index (κ2) is 5.46. The number of anilines is 1. The zero-order valence-corrected chi connectivity index (χ0v) is 12.5. The topological polar surface area (TPSA) is 91.3 Å². The van der Waals surface area contributed by atoms with Gasteiger partial charge in [-0.2, -0.15) is 4.98 Å². The molecule has 0 radical (unpaired) electrons. The van der Waals surface area contributed by atoms with Gasteiger partial charge >= 0.3 is 5.69 Å². The standard InChI is InChI=1S/C13H12BrN3O3/c1-7-5-9(6-8(2)12(7)14)20-11-4-3-10(17(18)19)13(15)16-11/h3-6H,1-2H3,(H2,15,16). The molecule has 104 valence electrons. The number of aryl methyl sites for hydroxylation is 2. The third-order valence-corrected chi connectivity index (χ3v) is 3.96. The smallest absolute Gasteiger partial charge is 0.311 e. The second-order valence-corrected chi connectivity index (χ2v) is 5.08. The summed E-state index contributed by atoms with van der Waals surface area (Å²) in [5.74, 6) is 0.649. The van der Waals surface area contributed by atoms with E-state index in [0.29, 0.717) is 5.75 Å². The van der Waals surface area contributed by atoms with E-state index in [9.17, 15) is 10.1 Å². The average Bonchev–Trinajstić information content (AvgIpc) is 2.35. The van der Waals surface area contributed by atoms with Gasteiger partial charge in [0.2, 0.25) is 11.7 Å². The van der Waals surface area contributed by atoms with Crippen molar-refractivity contribution in [1.29, 1.82) is 0 Å². The Morgan fingerprint density at radius 1 is 1.30 bits per heavy atom. The Balaban J connectivity index is 2.31. The Hall–Kier alpha value is -2.15. The summed E-state index contributed by atoms with van der Waals surface area (Å²) >= 11 is 3.47. The van der Waals surface area contributed by atoms with Gasteiger partial charge in [-0.1, -0.05) is 15.9 Å². The predicted octanol–water partition coefficient (Wildman–Crippen LogP) is 3.74. The molecule has 0 saturated heterocycles. The number of halogens is 1. The van der Waals surface area contributed by atoms with E-state index in [-0.39, 0.29) is 17.4 Å². The lowest BCUT2D eigenvalue weighted by Crippen LogP contribution is -1.99. The molecule has 0 bridgehead atoms. The van der Waals surface area contributed by atoms with Gasteiger partial charge in [-0.25, -0.2) is 0 Å². The number of nitro groups is 1. The number of rotatable bonds is 3. The third kappa shape index (κ3) is 2.88. The van der Waals surface area contributed by atoms with Gasteiger partial charge in [0, 0.05) is 16.6 Å². The highest BCUT2D eigenvalue weighted by Crippen LogP contribution is 2.30. The van der Waals surface area contributed by atoms with E-state index >= 15 is 0 Å². The molecule has 2 N–H and O–H groups in total. The fourth-order valence-electron chi connectivity index (χ4n) is 1.75. The molecule has 1 aromatic heterocycles. The van der Waals surface area contributed by atoms with E-state index in [2.05, 4.69) is 20.9 Å². The summed E-state index contributed by atoms with van der Waals surface area (Å²) in [6, 6.07) is 6.38. The lowest BCUT2D eigenvalue weighted by molar-refractivity contribution is -0.384. The number of ether oxygens (including phenoxy) is 1. The zero-order chi connectivity index (χ0) is 14.9. The average molecular weight is 338 g/mol. The van der Waals surface area contributed by atoms with Crippen LogP contribution >= 0.6 is 15.9 Å². The van der Waals surface area contributed by atoms with Crippen molar-refractivity contribution in [3.8, 4) is 11.6 Å². The Labute approximate surface area is 123 Å². The van der Waals surface area contributed by atoms with Gasteiger partial charge in [-0.3, -0.25) is 10.1 Å². The van der Waals surface area contributed by atoms with Crippen molar-refractivity contribution >= 4 is 27.4 Å². The summed E-state index contributed by atoms with van der Waals surface area (Å²) in [5.41, 5.74) is 7.33. The molecule has 0 aliphatic rings. The Morgan fingerprint density at radius 3 is 2.40 bits per heavy atom. The highest BCUT2D eigenvalue weighted by molar-refractivity contribution is 9.10. The van der Waals surface area contributed by atoms with E-state index < -0.39 is 4.92 Å². The van der Waals surface area contributed by atoms with Crippen LogP contribution in [0.25, 0.3) is 0 Å². The van der Waals surface area contributed by atoms with Crippen LogP contribution in [-0.4, -0.2) is 9.91 Å². The van der Waals surface area contributed by atoms with Crippen LogP contribution in [0.4, 0.5) is 11.5 Å².